The first-order valence-corrected chi connectivity index (χ1v) is 9.44. The number of morpholine rings is 1. The fourth-order valence-electron chi connectivity index (χ4n) is 2.37. The van der Waals surface area contributed by atoms with Gasteiger partial charge in [0, 0.05) is 19.1 Å². The summed E-state index contributed by atoms with van der Waals surface area (Å²) in [6, 6.07) is 4.15. The van der Waals surface area contributed by atoms with Gasteiger partial charge in [-0.15, -0.1) is 0 Å². The van der Waals surface area contributed by atoms with Gasteiger partial charge in [-0.3, -0.25) is 4.79 Å². The summed E-state index contributed by atoms with van der Waals surface area (Å²) in [5.74, 6) is 0.102. The Hall–Kier alpha value is -1.64. The first-order valence-electron chi connectivity index (χ1n) is 7.96. The van der Waals surface area contributed by atoms with Gasteiger partial charge in [0.05, 0.1) is 30.8 Å². The number of hydrogen-bond acceptors (Lipinski definition) is 5. The third kappa shape index (κ3) is 4.25. The zero-order valence-electron chi connectivity index (χ0n) is 14.2. The molecule has 0 radical (unpaired) electrons. The molecule has 8 heteroatoms. The maximum Gasteiger partial charge on any atom is 0.257 e. The molecule has 1 fully saturated rings. The van der Waals surface area contributed by atoms with Gasteiger partial charge in [-0.25, -0.2) is 13.1 Å². The molecule has 1 aliphatic heterocycles. The number of carbonyl (C=O) groups is 1. The highest BCUT2D eigenvalue weighted by Crippen LogP contribution is 2.24. The number of nitrogens with one attached hydrogen (secondary N) is 1. The number of hydrogen-bond donors (Lipinski definition) is 1. The molecule has 1 aliphatic rings. The number of carbonyl (C=O) groups excluding carboxylic acids is 1. The largest absolute Gasteiger partial charge is 0.496 e. The molecule has 0 saturated carbocycles. The molecule has 0 bridgehead atoms. The van der Waals surface area contributed by atoms with Crippen molar-refractivity contribution in [3.05, 3.63) is 23.8 Å². The minimum atomic E-state index is -3.68. The molecule has 1 atom stereocenters. The summed E-state index contributed by atoms with van der Waals surface area (Å²) in [7, 11) is -2.23. The first kappa shape index (κ1) is 18.7. The molecule has 1 aromatic rings. The van der Waals surface area contributed by atoms with E-state index in [1.54, 1.807) is 11.8 Å². The number of ether oxygens (including phenoxy) is 2. The van der Waals surface area contributed by atoms with Gasteiger partial charge in [-0.2, -0.15) is 0 Å². The molecular weight excluding hydrogens is 332 g/mol. The van der Waals surface area contributed by atoms with Crippen LogP contribution in [0.5, 0.6) is 5.75 Å². The van der Waals surface area contributed by atoms with Crippen molar-refractivity contribution in [2.75, 3.05) is 33.4 Å². The van der Waals surface area contributed by atoms with Crippen molar-refractivity contribution in [1.29, 1.82) is 0 Å². The molecule has 134 valence electrons. The van der Waals surface area contributed by atoms with Gasteiger partial charge in [0.2, 0.25) is 10.0 Å². The molecule has 0 aliphatic carbocycles. The van der Waals surface area contributed by atoms with Crippen molar-refractivity contribution < 1.29 is 22.7 Å². The molecule has 1 unspecified atom stereocenters. The monoisotopic (exact) mass is 356 g/mol. The molecule has 0 spiro atoms. The van der Waals surface area contributed by atoms with E-state index < -0.39 is 10.0 Å². The number of sulfonamides is 1. The summed E-state index contributed by atoms with van der Waals surface area (Å²) >= 11 is 0. The Bertz CT molecular complexity index is 684. The van der Waals surface area contributed by atoms with Crippen LogP contribution in [0.15, 0.2) is 23.1 Å². The lowest BCUT2D eigenvalue weighted by Crippen LogP contribution is -2.41. The van der Waals surface area contributed by atoms with E-state index in [1.165, 1.54) is 25.3 Å². The van der Waals surface area contributed by atoms with E-state index in [-0.39, 0.29) is 22.4 Å². The van der Waals surface area contributed by atoms with Gasteiger partial charge >= 0.3 is 0 Å². The lowest BCUT2D eigenvalue weighted by Gasteiger charge is -2.27. The third-order valence-corrected chi connectivity index (χ3v) is 5.57. The number of nitrogens with zero attached hydrogens (tertiary/aromatic N) is 1. The Balaban J connectivity index is 2.35. The second-order valence-electron chi connectivity index (χ2n) is 5.70. The Labute approximate surface area is 143 Å². The fraction of sp³-hybridized carbons (Fsp3) is 0.562. The lowest BCUT2D eigenvalue weighted by atomic mass is 10.1. The van der Waals surface area contributed by atoms with E-state index in [9.17, 15) is 13.2 Å². The van der Waals surface area contributed by atoms with Crippen LogP contribution in [0, 0.1) is 0 Å². The fourth-order valence-corrected chi connectivity index (χ4v) is 3.73. The molecule has 2 rings (SSSR count). The Morgan fingerprint density at radius 2 is 2.04 bits per heavy atom. The normalized spacial score (nSPS) is 16.7. The summed E-state index contributed by atoms with van der Waals surface area (Å²) in [5.41, 5.74) is 0.242. The van der Waals surface area contributed by atoms with Crippen LogP contribution in [0.4, 0.5) is 0 Å². The topological polar surface area (TPSA) is 84.9 Å². The summed E-state index contributed by atoms with van der Waals surface area (Å²) in [4.78, 5) is 14.4. The Kier molecular flexibility index (Phi) is 6.20. The average Bonchev–Trinajstić information content (AvgIpc) is 2.60. The molecule has 1 aromatic carbocycles. The zero-order chi connectivity index (χ0) is 17.7. The quantitative estimate of drug-likeness (QED) is 0.829. The van der Waals surface area contributed by atoms with Crippen molar-refractivity contribution >= 4 is 15.9 Å². The van der Waals surface area contributed by atoms with E-state index in [0.29, 0.717) is 38.5 Å². The number of methoxy groups -OCH3 is 1. The van der Waals surface area contributed by atoms with Crippen LogP contribution in [0.2, 0.25) is 0 Å². The predicted molar refractivity (Wildman–Crippen MR) is 89.8 cm³/mol. The van der Waals surface area contributed by atoms with E-state index >= 15 is 0 Å². The average molecular weight is 356 g/mol. The maximum absolute atomic E-state index is 12.7. The SMILES string of the molecule is CCC(C)NS(=O)(=O)c1ccc(OC)c(C(=O)N2CCOCC2)c1. The van der Waals surface area contributed by atoms with Crippen LogP contribution in [-0.2, 0) is 14.8 Å². The van der Waals surface area contributed by atoms with Gasteiger partial charge in [0.25, 0.3) is 5.91 Å². The minimum absolute atomic E-state index is 0.0557. The summed E-state index contributed by atoms with van der Waals surface area (Å²) in [5, 5.41) is 0. The second kappa shape index (κ2) is 7.96. The highest BCUT2D eigenvalue weighted by molar-refractivity contribution is 7.89. The van der Waals surface area contributed by atoms with E-state index in [4.69, 9.17) is 9.47 Å². The lowest BCUT2D eigenvalue weighted by molar-refractivity contribution is 0.0300. The van der Waals surface area contributed by atoms with E-state index in [1.807, 2.05) is 6.92 Å². The van der Waals surface area contributed by atoms with Gasteiger partial charge in [-0.1, -0.05) is 6.92 Å². The van der Waals surface area contributed by atoms with Gasteiger partial charge in [0.1, 0.15) is 5.75 Å². The minimum Gasteiger partial charge on any atom is -0.496 e. The van der Waals surface area contributed by atoms with Crippen molar-refractivity contribution in [3.8, 4) is 5.75 Å². The highest BCUT2D eigenvalue weighted by atomic mass is 32.2. The number of rotatable bonds is 6. The van der Waals surface area contributed by atoms with Gasteiger partial charge in [0.15, 0.2) is 0 Å². The van der Waals surface area contributed by atoms with Gasteiger partial charge < -0.3 is 14.4 Å². The molecule has 1 amide bonds. The van der Waals surface area contributed by atoms with Crippen LogP contribution in [-0.4, -0.2) is 58.7 Å². The van der Waals surface area contributed by atoms with Crippen LogP contribution < -0.4 is 9.46 Å². The van der Waals surface area contributed by atoms with Crippen molar-refractivity contribution in [3.63, 3.8) is 0 Å². The highest BCUT2D eigenvalue weighted by Gasteiger charge is 2.25. The Morgan fingerprint density at radius 1 is 1.38 bits per heavy atom. The molecule has 1 heterocycles. The van der Waals surface area contributed by atoms with Crippen LogP contribution in [0.1, 0.15) is 30.6 Å². The molecule has 1 N–H and O–H groups in total. The molecule has 1 saturated heterocycles. The number of amides is 1. The van der Waals surface area contributed by atoms with Crippen LogP contribution >= 0.6 is 0 Å². The zero-order valence-corrected chi connectivity index (χ0v) is 15.1. The summed E-state index contributed by atoms with van der Waals surface area (Å²) in [6.45, 7) is 5.59. The summed E-state index contributed by atoms with van der Waals surface area (Å²) < 4.78 is 38.0. The second-order valence-corrected chi connectivity index (χ2v) is 7.41. The molecule has 24 heavy (non-hydrogen) atoms. The summed E-state index contributed by atoms with van der Waals surface area (Å²) in [6.07, 6.45) is 0.676. The molecular formula is C16H24N2O5S. The van der Waals surface area contributed by atoms with E-state index in [2.05, 4.69) is 4.72 Å². The van der Waals surface area contributed by atoms with Crippen LogP contribution in [0.25, 0.3) is 0 Å². The van der Waals surface area contributed by atoms with Crippen molar-refractivity contribution in [2.45, 2.75) is 31.2 Å². The van der Waals surface area contributed by atoms with Crippen LogP contribution in [0.3, 0.4) is 0 Å². The molecule has 7 nitrogen and oxygen atoms in total. The smallest absolute Gasteiger partial charge is 0.257 e. The Morgan fingerprint density at radius 3 is 2.62 bits per heavy atom. The standard InChI is InChI=1S/C16H24N2O5S/c1-4-12(2)17-24(20,21)13-5-6-15(22-3)14(11-13)16(19)18-7-9-23-10-8-18/h5-6,11-12,17H,4,7-10H2,1-3H3. The third-order valence-electron chi connectivity index (χ3n) is 3.98. The van der Waals surface area contributed by atoms with E-state index in [0.717, 1.165) is 0 Å². The molecule has 0 aromatic heterocycles. The van der Waals surface area contributed by atoms with Crippen molar-refractivity contribution in [1.82, 2.24) is 9.62 Å². The maximum atomic E-state index is 12.7. The first-order chi connectivity index (χ1) is 11.4. The predicted octanol–water partition coefficient (Wildman–Crippen LogP) is 1.24. The number of benzene rings is 1. The van der Waals surface area contributed by atoms with Crippen molar-refractivity contribution in [2.24, 2.45) is 0 Å². The van der Waals surface area contributed by atoms with Gasteiger partial charge in [-0.05, 0) is 31.5 Å².